The van der Waals surface area contributed by atoms with Crippen molar-refractivity contribution in [3.63, 3.8) is 0 Å². The lowest BCUT2D eigenvalue weighted by molar-refractivity contribution is 0.00639. The molecule has 136 valence electrons. The number of nitrogens with one attached hydrogen (secondary N) is 1. The van der Waals surface area contributed by atoms with Crippen molar-refractivity contribution in [2.75, 3.05) is 5.73 Å². The van der Waals surface area contributed by atoms with Gasteiger partial charge in [-0.25, -0.2) is 4.79 Å². The van der Waals surface area contributed by atoms with Crippen molar-refractivity contribution in [1.29, 1.82) is 0 Å². The van der Waals surface area contributed by atoms with Crippen LogP contribution in [0.2, 0.25) is 0 Å². The second-order valence-corrected chi connectivity index (χ2v) is 8.10. The molecule has 1 aromatic heterocycles. The minimum absolute atomic E-state index is 0.378. The van der Waals surface area contributed by atoms with Gasteiger partial charge in [-0.2, -0.15) is 0 Å². The Labute approximate surface area is 166 Å². The number of carbonyl (C=O) groups excluding carboxylic acids is 1. The summed E-state index contributed by atoms with van der Waals surface area (Å²) in [5.74, 6) is 0.202. The van der Waals surface area contributed by atoms with Crippen molar-refractivity contribution >= 4 is 45.2 Å². The average Bonchev–Trinajstić information content (AvgIpc) is 3.02. The third-order valence-corrected chi connectivity index (χ3v) is 4.90. The molecule has 0 spiro atoms. The molecule has 0 aliphatic carbocycles. The van der Waals surface area contributed by atoms with Crippen LogP contribution in [0, 0.1) is 3.57 Å². The van der Waals surface area contributed by atoms with Gasteiger partial charge in [0, 0.05) is 20.7 Å². The fraction of sp³-hybridized carbons (Fsp3) is 0.250. The fourth-order valence-corrected chi connectivity index (χ4v) is 3.13. The molecule has 5 nitrogen and oxygen atoms in total. The summed E-state index contributed by atoms with van der Waals surface area (Å²) >= 11 is 2.17. The molecule has 1 heterocycles. The SMILES string of the molecule is CC(C)(C)OC(=O)c1cc2c(I)c(N)cc(OCc3ccccc3)c2[nH]1. The van der Waals surface area contributed by atoms with E-state index in [-0.39, 0.29) is 0 Å². The number of hydrogen-bond acceptors (Lipinski definition) is 4. The van der Waals surface area contributed by atoms with E-state index in [9.17, 15) is 4.79 Å². The number of rotatable bonds is 4. The highest BCUT2D eigenvalue weighted by Gasteiger charge is 2.21. The molecule has 0 saturated heterocycles. The van der Waals surface area contributed by atoms with E-state index in [1.807, 2.05) is 51.1 Å². The summed E-state index contributed by atoms with van der Waals surface area (Å²) in [5, 5.41) is 0.842. The molecule has 0 aliphatic heterocycles. The minimum atomic E-state index is -0.562. The highest BCUT2D eigenvalue weighted by molar-refractivity contribution is 14.1. The van der Waals surface area contributed by atoms with Crippen LogP contribution in [0.25, 0.3) is 10.9 Å². The number of aromatic nitrogens is 1. The van der Waals surface area contributed by atoms with Crippen molar-refractivity contribution in [3.05, 3.63) is 57.3 Å². The number of benzene rings is 2. The van der Waals surface area contributed by atoms with E-state index in [4.69, 9.17) is 15.2 Å². The number of anilines is 1. The van der Waals surface area contributed by atoms with Gasteiger partial charge >= 0.3 is 5.97 Å². The van der Waals surface area contributed by atoms with Crippen molar-refractivity contribution in [1.82, 2.24) is 4.98 Å². The van der Waals surface area contributed by atoms with Crippen LogP contribution in [0.1, 0.15) is 36.8 Å². The number of hydrogen-bond donors (Lipinski definition) is 2. The predicted molar refractivity (Wildman–Crippen MR) is 111 cm³/mol. The van der Waals surface area contributed by atoms with Crippen LogP contribution < -0.4 is 10.5 Å². The van der Waals surface area contributed by atoms with Crippen molar-refractivity contribution in [2.24, 2.45) is 0 Å². The van der Waals surface area contributed by atoms with E-state index in [1.165, 1.54) is 0 Å². The molecule has 0 unspecified atom stereocenters. The Bertz CT molecular complexity index is 943. The van der Waals surface area contributed by atoms with Crippen LogP contribution in [0.4, 0.5) is 5.69 Å². The molecule has 0 atom stereocenters. The molecule has 0 bridgehead atoms. The Balaban J connectivity index is 1.96. The van der Waals surface area contributed by atoms with Gasteiger partial charge in [-0.15, -0.1) is 0 Å². The monoisotopic (exact) mass is 464 g/mol. The first-order valence-electron chi connectivity index (χ1n) is 8.25. The molecular weight excluding hydrogens is 443 g/mol. The molecule has 0 radical (unpaired) electrons. The van der Waals surface area contributed by atoms with Crippen LogP contribution in [-0.2, 0) is 11.3 Å². The van der Waals surface area contributed by atoms with E-state index >= 15 is 0 Å². The van der Waals surface area contributed by atoms with E-state index in [0.29, 0.717) is 23.7 Å². The standard InChI is InChI=1S/C20H21IN2O3/c1-20(2,3)26-19(24)15-9-13-17(21)14(22)10-16(18(13)23-15)25-11-12-7-5-4-6-8-12/h4-10,23H,11,22H2,1-3H3. The number of aromatic amines is 1. The van der Waals surface area contributed by atoms with Gasteiger partial charge < -0.3 is 20.2 Å². The molecular formula is C20H21IN2O3. The van der Waals surface area contributed by atoms with Gasteiger partial charge in [0.15, 0.2) is 0 Å². The smallest absolute Gasteiger partial charge is 0.355 e. The van der Waals surface area contributed by atoms with Crippen LogP contribution in [0.3, 0.4) is 0 Å². The molecule has 0 fully saturated rings. The number of fused-ring (bicyclic) bond motifs is 1. The molecule has 0 saturated carbocycles. The first-order chi connectivity index (χ1) is 12.2. The summed E-state index contributed by atoms with van der Waals surface area (Å²) < 4.78 is 12.3. The van der Waals surface area contributed by atoms with Gasteiger partial charge in [0.1, 0.15) is 23.7 Å². The van der Waals surface area contributed by atoms with E-state index < -0.39 is 11.6 Å². The molecule has 6 heteroatoms. The van der Waals surface area contributed by atoms with Gasteiger partial charge in [0.2, 0.25) is 0 Å². The maximum absolute atomic E-state index is 12.4. The molecule has 26 heavy (non-hydrogen) atoms. The Kier molecular flexibility index (Phi) is 5.13. The zero-order valence-corrected chi connectivity index (χ0v) is 17.1. The van der Waals surface area contributed by atoms with Gasteiger partial charge in [-0.05, 0) is 55.0 Å². The fourth-order valence-electron chi connectivity index (χ4n) is 2.55. The number of H-pyrrole nitrogens is 1. The summed E-state index contributed by atoms with van der Waals surface area (Å²) in [5.41, 5.74) is 8.34. The second kappa shape index (κ2) is 7.19. The number of ether oxygens (including phenoxy) is 2. The van der Waals surface area contributed by atoms with E-state index in [2.05, 4.69) is 27.6 Å². The summed E-state index contributed by atoms with van der Waals surface area (Å²) in [4.78, 5) is 15.5. The Morgan fingerprint density at radius 1 is 1.19 bits per heavy atom. The highest BCUT2D eigenvalue weighted by Crippen LogP contribution is 2.35. The first-order valence-corrected chi connectivity index (χ1v) is 9.33. The average molecular weight is 464 g/mol. The zero-order chi connectivity index (χ0) is 18.9. The third kappa shape index (κ3) is 4.12. The number of carbonyl (C=O) groups is 1. The lowest BCUT2D eigenvalue weighted by atomic mass is 10.2. The van der Waals surface area contributed by atoms with Gasteiger partial charge in [-0.1, -0.05) is 30.3 Å². The summed E-state index contributed by atoms with van der Waals surface area (Å²) in [6, 6.07) is 13.4. The van der Waals surface area contributed by atoms with Crippen molar-refractivity contribution in [3.8, 4) is 5.75 Å². The molecule has 0 aliphatic rings. The largest absolute Gasteiger partial charge is 0.487 e. The summed E-state index contributed by atoms with van der Waals surface area (Å²) in [6.07, 6.45) is 0. The third-order valence-electron chi connectivity index (χ3n) is 3.70. The Morgan fingerprint density at radius 2 is 1.88 bits per heavy atom. The maximum atomic E-state index is 12.4. The summed E-state index contributed by atoms with van der Waals surface area (Å²) in [7, 11) is 0. The van der Waals surface area contributed by atoms with Gasteiger partial charge in [0.25, 0.3) is 0 Å². The normalized spacial score (nSPS) is 11.5. The van der Waals surface area contributed by atoms with Gasteiger partial charge in [-0.3, -0.25) is 0 Å². The van der Waals surface area contributed by atoms with E-state index in [0.717, 1.165) is 20.0 Å². The number of halogens is 1. The number of esters is 1. The highest BCUT2D eigenvalue weighted by atomic mass is 127. The predicted octanol–water partition coefficient (Wildman–Crippen LogP) is 4.89. The van der Waals surface area contributed by atoms with Crippen molar-refractivity contribution in [2.45, 2.75) is 33.0 Å². The summed E-state index contributed by atoms with van der Waals surface area (Å²) in [6.45, 7) is 5.92. The molecule has 3 N–H and O–H groups in total. The van der Waals surface area contributed by atoms with Crippen LogP contribution in [-0.4, -0.2) is 16.6 Å². The first kappa shape index (κ1) is 18.6. The quantitative estimate of drug-likeness (QED) is 0.328. The minimum Gasteiger partial charge on any atom is -0.487 e. The molecule has 2 aromatic carbocycles. The molecule has 3 rings (SSSR count). The number of nitrogens with two attached hydrogens (primary N) is 1. The maximum Gasteiger partial charge on any atom is 0.355 e. The van der Waals surface area contributed by atoms with Crippen LogP contribution in [0.5, 0.6) is 5.75 Å². The van der Waals surface area contributed by atoms with Crippen LogP contribution in [0.15, 0.2) is 42.5 Å². The van der Waals surface area contributed by atoms with Crippen LogP contribution >= 0.6 is 22.6 Å². The lowest BCUT2D eigenvalue weighted by Gasteiger charge is -2.18. The topological polar surface area (TPSA) is 77.3 Å². The molecule has 3 aromatic rings. The second-order valence-electron chi connectivity index (χ2n) is 7.03. The Morgan fingerprint density at radius 3 is 2.54 bits per heavy atom. The van der Waals surface area contributed by atoms with E-state index in [1.54, 1.807) is 12.1 Å². The van der Waals surface area contributed by atoms with Gasteiger partial charge in [0.05, 0.1) is 5.52 Å². The molecule has 0 amide bonds. The zero-order valence-electron chi connectivity index (χ0n) is 14.9. The van der Waals surface area contributed by atoms with Crippen molar-refractivity contribution < 1.29 is 14.3 Å². The lowest BCUT2D eigenvalue weighted by Crippen LogP contribution is -2.24. The number of nitrogen functional groups attached to an aromatic ring is 1. The Hall–Kier alpha value is -2.22.